The van der Waals surface area contributed by atoms with Crippen molar-refractivity contribution in [3.05, 3.63) is 69.6 Å². The highest BCUT2D eigenvalue weighted by molar-refractivity contribution is 7.77. The fourth-order valence-corrected chi connectivity index (χ4v) is 6.75. The van der Waals surface area contributed by atoms with Crippen LogP contribution in [0.5, 0.6) is 0 Å². The largest absolute Gasteiger partial charge is 0.367 e. The van der Waals surface area contributed by atoms with Crippen molar-refractivity contribution < 1.29 is 17.9 Å². The number of aryl methyl sites for hydroxylation is 1. The molecule has 0 amide bonds. The van der Waals surface area contributed by atoms with Crippen LogP contribution in [0, 0.1) is 12.8 Å². The summed E-state index contributed by atoms with van der Waals surface area (Å²) in [4.78, 5) is 28.7. The molecule has 4 unspecified atom stereocenters. The van der Waals surface area contributed by atoms with Gasteiger partial charge in [-0.2, -0.15) is 0 Å². The van der Waals surface area contributed by atoms with Gasteiger partial charge in [-0.15, -0.1) is 11.3 Å². The van der Waals surface area contributed by atoms with Crippen molar-refractivity contribution in [2.75, 3.05) is 18.5 Å². The van der Waals surface area contributed by atoms with Gasteiger partial charge in [0.1, 0.15) is 24.1 Å². The number of rotatable bonds is 8. The molecule has 4 aromatic rings. The fraction of sp³-hybridized carbons (Fsp3) is 0.385. The average molecular weight is 553 g/mol. The third-order valence-electron chi connectivity index (χ3n) is 7.24. The second-order valence-electron chi connectivity index (χ2n) is 9.66. The molecular formula is C26H28N6O4S2. The molecule has 198 valence electrons. The van der Waals surface area contributed by atoms with Crippen molar-refractivity contribution in [1.29, 1.82) is 0 Å². The van der Waals surface area contributed by atoms with E-state index in [-0.39, 0.29) is 23.8 Å². The number of para-hydroxylation sites is 2. The summed E-state index contributed by atoms with van der Waals surface area (Å²) in [7, 11) is 0. The highest BCUT2D eigenvalue weighted by Gasteiger charge is 2.31. The van der Waals surface area contributed by atoms with Crippen molar-refractivity contribution in [2.24, 2.45) is 11.1 Å². The molecule has 1 saturated carbocycles. The number of fused-ring (bicyclic) bond motifs is 3. The molecule has 1 aliphatic carbocycles. The maximum absolute atomic E-state index is 13.7. The summed E-state index contributed by atoms with van der Waals surface area (Å²) in [6.07, 6.45) is 5.30. The third-order valence-corrected chi connectivity index (χ3v) is 8.67. The van der Waals surface area contributed by atoms with Crippen LogP contribution in [0.25, 0.3) is 11.0 Å². The molecule has 1 aromatic carbocycles. The van der Waals surface area contributed by atoms with Gasteiger partial charge in [-0.25, -0.2) is 24.3 Å². The first kappa shape index (κ1) is 25.3. The molecule has 0 saturated heterocycles. The first-order valence-electron chi connectivity index (χ1n) is 12.6. The Morgan fingerprint density at radius 3 is 3.08 bits per heavy atom. The molecule has 0 radical (unpaired) electrons. The van der Waals surface area contributed by atoms with Gasteiger partial charge in [-0.1, -0.05) is 12.1 Å². The second-order valence-corrected chi connectivity index (χ2v) is 11.7. The molecule has 38 heavy (non-hydrogen) atoms. The van der Waals surface area contributed by atoms with E-state index in [4.69, 9.17) is 19.0 Å². The lowest BCUT2D eigenvalue weighted by Crippen LogP contribution is -2.23. The number of ketones is 1. The second kappa shape index (κ2) is 10.6. The Kier molecular flexibility index (Phi) is 7.06. The first-order valence-corrected chi connectivity index (χ1v) is 14.5. The number of nitrogens with one attached hydrogen (secondary N) is 1. The molecule has 3 aromatic heterocycles. The maximum atomic E-state index is 13.7. The SMILES string of the molecule is Cc1sc(C(=O)c2cncnc2NC2CCC(COS(N)=O)C2)cc1C1OCCn2c1nc1ccccc12. The Labute approximate surface area is 226 Å². The van der Waals surface area contributed by atoms with Crippen LogP contribution in [0.3, 0.4) is 0 Å². The third kappa shape index (κ3) is 4.90. The number of thiophene rings is 1. The van der Waals surface area contributed by atoms with Crippen LogP contribution in [0.15, 0.2) is 42.9 Å². The number of imidazole rings is 1. The Morgan fingerprint density at radius 2 is 2.21 bits per heavy atom. The zero-order chi connectivity index (χ0) is 26.2. The van der Waals surface area contributed by atoms with Gasteiger partial charge in [0.2, 0.25) is 17.0 Å². The van der Waals surface area contributed by atoms with Gasteiger partial charge >= 0.3 is 0 Å². The van der Waals surface area contributed by atoms with E-state index in [1.807, 2.05) is 31.2 Å². The highest BCUT2D eigenvalue weighted by atomic mass is 32.2. The maximum Gasteiger partial charge on any atom is 0.231 e. The molecule has 12 heteroatoms. The lowest BCUT2D eigenvalue weighted by atomic mass is 10.1. The Morgan fingerprint density at radius 1 is 1.34 bits per heavy atom. The van der Waals surface area contributed by atoms with Crippen LogP contribution in [0.4, 0.5) is 5.82 Å². The zero-order valence-corrected chi connectivity index (χ0v) is 22.5. The van der Waals surface area contributed by atoms with Gasteiger partial charge in [0.15, 0.2) is 0 Å². The number of benzene rings is 1. The van der Waals surface area contributed by atoms with Gasteiger partial charge in [0, 0.05) is 29.2 Å². The lowest BCUT2D eigenvalue weighted by molar-refractivity contribution is 0.0441. The molecule has 1 aliphatic heterocycles. The molecule has 4 atom stereocenters. The highest BCUT2D eigenvalue weighted by Crippen LogP contribution is 2.38. The van der Waals surface area contributed by atoms with Gasteiger partial charge < -0.3 is 14.6 Å². The number of anilines is 1. The van der Waals surface area contributed by atoms with Gasteiger partial charge in [0.25, 0.3) is 0 Å². The Balaban J connectivity index is 1.23. The monoisotopic (exact) mass is 552 g/mol. The summed E-state index contributed by atoms with van der Waals surface area (Å²) in [5, 5.41) is 8.63. The summed E-state index contributed by atoms with van der Waals surface area (Å²) in [5.41, 5.74) is 3.42. The van der Waals surface area contributed by atoms with Crippen LogP contribution in [-0.4, -0.2) is 48.8 Å². The van der Waals surface area contributed by atoms with Gasteiger partial charge in [-0.3, -0.25) is 8.98 Å². The van der Waals surface area contributed by atoms with Crippen LogP contribution in [-0.2, 0) is 26.7 Å². The summed E-state index contributed by atoms with van der Waals surface area (Å²) in [5.74, 6) is 1.50. The minimum Gasteiger partial charge on any atom is -0.367 e. The topological polar surface area (TPSA) is 134 Å². The van der Waals surface area contributed by atoms with E-state index < -0.39 is 11.3 Å². The predicted molar refractivity (Wildman–Crippen MR) is 145 cm³/mol. The molecule has 1 fully saturated rings. The van der Waals surface area contributed by atoms with Crippen LogP contribution in [0.1, 0.15) is 56.9 Å². The molecule has 0 spiro atoms. The van der Waals surface area contributed by atoms with Gasteiger partial charge in [-0.05, 0) is 50.3 Å². The van der Waals surface area contributed by atoms with E-state index >= 15 is 0 Å². The van der Waals surface area contributed by atoms with Crippen LogP contribution in [0.2, 0.25) is 0 Å². The zero-order valence-electron chi connectivity index (χ0n) is 20.8. The summed E-state index contributed by atoms with van der Waals surface area (Å²) in [6, 6.07) is 10.1. The van der Waals surface area contributed by atoms with Crippen LogP contribution < -0.4 is 10.5 Å². The van der Waals surface area contributed by atoms with Crippen molar-refractivity contribution in [1.82, 2.24) is 19.5 Å². The fourth-order valence-electron chi connectivity index (χ4n) is 5.42. The minimum absolute atomic E-state index is 0.125. The predicted octanol–water partition coefficient (Wildman–Crippen LogP) is 3.68. The number of hydrogen-bond donors (Lipinski definition) is 2. The Bertz CT molecular complexity index is 1520. The van der Waals surface area contributed by atoms with Crippen LogP contribution >= 0.6 is 11.3 Å². The normalized spacial score (nSPS) is 21.9. The van der Waals surface area contributed by atoms with E-state index in [1.165, 1.54) is 17.7 Å². The molecule has 0 bridgehead atoms. The first-order chi connectivity index (χ1) is 18.5. The van der Waals surface area contributed by atoms with Crippen molar-refractivity contribution in [3.63, 3.8) is 0 Å². The molecule has 2 aliphatic rings. The average Bonchev–Trinajstić information content (AvgIpc) is 3.64. The molecule has 4 heterocycles. The van der Waals surface area contributed by atoms with Crippen molar-refractivity contribution in [3.8, 4) is 0 Å². The number of ether oxygens (including phenoxy) is 1. The van der Waals surface area contributed by atoms with Crippen molar-refractivity contribution >= 4 is 45.2 Å². The smallest absolute Gasteiger partial charge is 0.231 e. The minimum atomic E-state index is -1.76. The Hall–Kier alpha value is -3.03. The van der Waals surface area contributed by atoms with E-state index in [2.05, 4.69) is 25.9 Å². The van der Waals surface area contributed by atoms with E-state index in [0.717, 1.165) is 53.1 Å². The molecule has 6 rings (SSSR count). The number of carbonyl (C=O) groups excluding carboxylic acids is 1. The van der Waals surface area contributed by atoms with Crippen molar-refractivity contribution in [2.45, 2.75) is 44.9 Å². The molecular weight excluding hydrogens is 524 g/mol. The molecule has 3 N–H and O–H groups in total. The van der Waals surface area contributed by atoms with Gasteiger partial charge in [0.05, 0.1) is 34.7 Å². The van der Waals surface area contributed by atoms with E-state index in [0.29, 0.717) is 29.5 Å². The standard InChI is InChI=1S/C26H28N6O4S2/c1-15-18(24-26-31-20-4-2-3-5-21(20)32(26)8-9-35-24)11-22(37-15)23(33)19-12-28-14-29-25(19)30-17-7-6-16(10-17)13-36-38(27)34/h2-5,11-12,14,16-17,24H,6-10,13,27H2,1H3,(H,28,29,30). The number of hydrogen-bond acceptors (Lipinski definition) is 9. The number of nitrogens with two attached hydrogens (primary N) is 1. The summed E-state index contributed by atoms with van der Waals surface area (Å²) in [6.45, 7) is 3.68. The number of aromatic nitrogens is 4. The summed E-state index contributed by atoms with van der Waals surface area (Å²) >= 11 is -0.313. The van der Waals surface area contributed by atoms with E-state index in [9.17, 15) is 9.00 Å². The van der Waals surface area contributed by atoms with E-state index in [1.54, 1.807) is 6.20 Å². The quantitative estimate of drug-likeness (QED) is 0.316. The lowest BCUT2D eigenvalue weighted by Gasteiger charge is -2.24. The number of nitrogens with zero attached hydrogens (tertiary/aromatic N) is 4. The summed E-state index contributed by atoms with van der Waals surface area (Å²) < 4.78 is 24.5. The number of carbonyl (C=O) groups is 1. The molecule has 10 nitrogen and oxygen atoms in total.